The summed E-state index contributed by atoms with van der Waals surface area (Å²) in [5.74, 6) is -5.67. The van der Waals surface area contributed by atoms with E-state index in [0.717, 1.165) is 12.2 Å². The molecule has 0 radical (unpaired) electrons. The Hall–Kier alpha value is -8.13. The smallest absolute Gasteiger partial charge is 0.341 e. The van der Waals surface area contributed by atoms with Crippen molar-refractivity contribution in [1.82, 2.24) is 0 Å². The van der Waals surface area contributed by atoms with Gasteiger partial charge in [0.15, 0.2) is 11.5 Å². The molecule has 3 aliphatic rings. The Kier molecular flexibility index (Phi) is 17.3. The van der Waals surface area contributed by atoms with Crippen LogP contribution in [0.2, 0.25) is 0 Å². The Morgan fingerprint density at radius 3 is 1.51 bits per heavy atom. The molecule has 1 aliphatic heterocycles. The van der Waals surface area contributed by atoms with Crippen LogP contribution < -0.4 is 24.3 Å². The largest absolute Gasteiger partial charge is 0.462 e. The second-order valence-corrected chi connectivity index (χ2v) is 18.0. The van der Waals surface area contributed by atoms with Gasteiger partial charge in [-0.05, 0) is 136 Å². The first-order valence-corrected chi connectivity index (χ1v) is 23.8. The van der Waals surface area contributed by atoms with Crippen molar-refractivity contribution >= 4 is 70.7 Å². The number of non-ortho nitro benzene ring substituents is 1. The van der Waals surface area contributed by atoms with Gasteiger partial charge in [-0.15, -0.1) is 0 Å². The van der Waals surface area contributed by atoms with E-state index in [-0.39, 0.29) is 58.6 Å². The fraction of sp³-hybridized carbons (Fsp3) is 0.308. The summed E-state index contributed by atoms with van der Waals surface area (Å²) >= 11 is 1.27. The molecule has 2 aliphatic carbocycles. The molecular formula is C52H48N2O17S. The van der Waals surface area contributed by atoms with Gasteiger partial charge in [0.25, 0.3) is 5.69 Å². The summed E-state index contributed by atoms with van der Waals surface area (Å²) in [6, 6.07) is 20.5. The van der Waals surface area contributed by atoms with Gasteiger partial charge in [-0.3, -0.25) is 34.1 Å². The number of esters is 7. The summed E-state index contributed by atoms with van der Waals surface area (Å²) in [6.07, 6.45) is 4.85. The molecule has 4 aromatic carbocycles. The van der Waals surface area contributed by atoms with E-state index in [1.807, 2.05) is 0 Å². The number of ketones is 1. The fourth-order valence-corrected chi connectivity index (χ4v) is 9.32. The second-order valence-electron chi connectivity index (χ2n) is 16.9. The number of nitro benzene ring substituents is 1. The van der Waals surface area contributed by atoms with E-state index in [4.69, 9.17) is 28.4 Å². The second kappa shape index (κ2) is 24.1. The molecule has 0 bridgehead atoms. The monoisotopic (exact) mass is 1000 g/mol. The van der Waals surface area contributed by atoms with E-state index in [0.29, 0.717) is 67.5 Å². The van der Waals surface area contributed by atoms with Gasteiger partial charge in [-0.2, -0.15) is 0 Å². The van der Waals surface area contributed by atoms with Crippen LogP contribution in [-0.4, -0.2) is 65.9 Å². The molecule has 1 unspecified atom stereocenters. The van der Waals surface area contributed by atoms with Gasteiger partial charge in [0, 0.05) is 24.6 Å². The quantitative estimate of drug-likeness (QED) is 0.0230. The average Bonchev–Trinajstić information content (AvgIpc) is 3.86. The van der Waals surface area contributed by atoms with Crippen molar-refractivity contribution in [2.24, 2.45) is 23.7 Å². The van der Waals surface area contributed by atoms with Crippen molar-refractivity contribution < 1.29 is 76.4 Å². The molecule has 19 nitrogen and oxygen atoms in total. The summed E-state index contributed by atoms with van der Waals surface area (Å²) in [7, 11) is 0. The number of carbonyl (C=O) groups is 8. The molecule has 2 fully saturated rings. The predicted molar refractivity (Wildman–Crippen MR) is 255 cm³/mol. The maximum absolute atomic E-state index is 13.7. The van der Waals surface area contributed by atoms with Crippen LogP contribution in [0.4, 0.5) is 11.4 Å². The molecule has 2 saturated carbocycles. The maximum Gasteiger partial charge on any atom is 0.341 e. The van der Waals surface area contributed by atoms with Gasteiger partial charge in [0.1, 0.15) is 22.6 Å². The number of allylic oxidation sites excluding steroid dienone is 1. The average molecular weight is 1010 g/mol. The SMILES string of the molecule is C=CC(=O)CCOC(=O)c1ccc(OC(=O)C2CCC(C(=O)Oc3ccc(OC(=O)C4CCC(C(=O)Oc5ccc(C(=O)OCOC(=O)C=C)cc5)CC4)c4c3NC(c3ccc([N+](=O)[O-])cc3)S4)CC2)cc1. The van der Waals surface area contributed by atoms with Gasteiger partial charge >= 0.3 is 41.8 Å². The zero-order chi connectivity index (χ0) is 51.3. The lowest BCUT2D eigenvalue weighted by molar-refractivity contribution is -0.384. The Balaban J connectivity index is 0.928. The molecular weight excluding hydrogens is 957 g/mol. The minimum atomic E-state index is -0.754. The number of thioether (sulfide) groups is 1. The number of nitrogens with zero attached hydrogens (tertiary/aromatic N) is 1. The zero-order valence-corrected chi connectivity index (χ0v) is 39.4. The van der Waals surface area contributed by atoms with Crippen LogP contribution in [0.3, 0.4) is 0 Å². The van der Waals surface area contributed by atoms with Crippen LogP contribution in [-0.2, 0) is 43.0 Å². The fourth-order valence-electron chi connectivity index (χ4n) is 8.11. The minimum Gasteiger partial charge on any atom is -0.462 e. The lowest BCUT2D eigenvalue weighted by Gasteiger charge is -2.26. The molecule has 1 atom stereocenters. The van der Waals surface area contributed by atoms with Crippen molar-refractivity contribution in [3.05, 3.63) is 137 Å². The van der Waals surface area contributed by atoms with E-state index in [1.54, 1.807) is 12.1 Å². The van der Waals surface area contributed by atoms with Crippen LogP contribution in [0.25, 0.3) is 0 Å². The van der Waals surface area contributed by atoms with Gasteiger partial charge in [0.05, 0.1) is 56.9 Å². The number of benzene rings is 4. The zero-order valence-electron chi connectivity index (χ0n) is 38.6. The van der Waals surface area contributed by atoms with Gasteiger partial charge in [0.2, 0.25) is 6.79 Å². The number of fused-ring (bicyclic) bond motifs is 1. The molecule has 0 amide bonds. The van der Waals surface area contributed by atoms with E-state index >= 15 is 0 Å². The highest BCUT2D eigenvalue weighted by atomic mass is 32.2. The number of ether oxygens (including phenoxy) is 7. The van der Waals surface area contributed by atoms with E-state index in [1.165, 1.54) is 84.6 Å². The first-order valence-electron chi connectivity index (χ1n) is 22.9. The van der Waals surface area contributed by atoms with Crippen molar-refractivity contribution in [2.45, 2.75) is 68.1 Å². The molecule has 20 heteroatoms. The summed E-state index contributed by atoms with van der Waals surface area (Å²) in [6.45, 7) is 5.94. The number of carbonyl (C=O) groups excluding carboxylic acids is 8. The van der Waals surface area contributed by atoms with Gasteiger partial charge in [-0.1, -0.05) is 24.9 Å². The third-order valence-electron chi connectivity index (χ3n) is 12.2. The molecule has 0 saturated heterocycles. The van der Waals surface area contributed by atoms with Gasteiger partial charge < -0.3 is 38.5 Å². The third kappa shape index (κ3) is 13.4. The summed E-state index contributed by atoms with van der Waals surface area (Å²) in [4.78, 5) is 112. The Morgan fingerprint density at radius 2 is 1.04 bits per heavy atom. The molecule has 374 valence electrons. The molecule has 72 heavy (non-hydrogen) atoms. The van der Waals surface area contributed by atoms with E-state index < -0.39 is 82.5 Å². The highest BCUT2D eigenvalue weighted by molar-refractivity contribution is 8.00. The number of rotatable bonds is 19. The van der Waals surface area contributed by atoms with Crippen LogP contribution in [0.5, 0.6) is 23.0 Å². The van der Waals surface area contributed by atoms with Crippen LogP contribution >= 0.6 is 11.8 Å². The first-order chi connectivity index (χ1) is 34.7. The number of hydrogen-bond acceptors (Lipinski definition) is 19. The van der Waals surface area contributed by atoms with Crippen molar-refractivity contribution in [3.63, 3.8) is 0 Å². The number of nitro groups is 1. The highest BCUT2D eigenvalue weighted by Crippen LogP contribution is 2.55. The van der Waals surface area contributed by atoms with Crippen molar-refractivity contribution in [1.29, 1.82) is 0 Å². The molecule has 0 aromatic heterocycles. The van der Waals surface area contributed by atoms with E-state index in [2.05, 4.69) is 23.2 Å². The minimum absolute atomic E-state index is 0.0179. The summed E-state index contributed by atoms with van der Waals surface area (Å²) in [5, 5.41) is 14.2. The van der Waals surface area contributed by atoms with Crippen LogP contribution in [0.1, 0.15) is 89.4 Å². The van der Waals surface area contributed by atoms with Crippen molar-refractivity contribution in [3.8, 4) is 23.0 Å². The lowest BCUT2D eigenvalue weighted by atomic mass is 9.82. The Bertz CT molecular complexity index is 2580. The lowest BCUT2D eigenvalue weighted by Crippen LogP contribution is -2.30. The number of anilines is 1. The highest BCUT2D eigenvalue weighted by Gasteiger charge is 2.37. The topological polar surface area (TPSA) is 256 Å². The normalized spacial score (nSPS) is 18.9. The predicted octanol–water partition coefficient (Wildman–Crippen LogP) is 8.59. The number of nitrogens with one attached hydrogen (secondary N) is 1. The maximum atomic E-state index is 13.7. The third-order valence-corrected chi connectivity index (χ3v) is 13.5. The van der Waals surface area contributed by atoms with Crippen LogP contribution in [0, 0.1) is 33.8 Å². The molecule has 0 spiro atoms. The van der Waals surface area contributed by atoms with E-state index in [9.17, 15) is 48.5 Å². The molecule has 4 aromatic rings. The van der Waals surface area contributed by atoms with Gasteiger partial charge in [-0.25, -0.2) is 14.4 Å². The molecule has 1 N–H and O–H groups in total. The summed E-state index contributed by atoms with van der Waals surface area (Å²) in [5.41, 5.74) is 1.31. The molecule has 1 heterocycles. The van der Waals surface area contributed by atoms with Crippen LogP contribution in [0.15, 0.2) is 115 Å². The first kappa shape index (κ1) is 51.7. The standard InChI is InChI=1S/C52H48N2O17S/c1-3-38(55)27-28-65-47(57)31-15-21-39(22-16-31)68-49(59)33-5-9-35(10-6-33)51(61)70-41-25-26-42(45-44(41)53-46(72-45)30-13-19-37(20-14-30)54(63)64)71-52(62)36-11-7-34(8-12-36)50(60)69-40-23-17-32(18-24-40)48(58)67-29-66-43(56)4-2/h3-4,13-26,33-36,46,53H,1-2,5-12,27-29H2. The Labute approximate surface area is 416 Å². The molecule has 7 rings (SSSR count). The summed E-state index contributed by atoms with van der Waals surface area (Å²) < 4.78 is 37.7. The number of hydrogen-bond donors (Lipinski definition) is 1. The Morgan fingerprint density at radius 1 is 0.583 bits per heavy atom. The van der Waals surface area contributed by atoms with Crippen molar-refractivity contribution in [2.75, 3.05) is 18.7 Å².